The monoisotopic (exact) mass is 312 g/mol. The molecule has 5 nitrogen and oxygen atoms in total. The first-order chi connectivity index (χ1) is 11.2. The molecule has 0 unspecified atom stereocenters. The summed E-state index contributed by atoms with van der Waals surface area (Å²) >= 11 is 0. The van der Waals surface area contributed by atoms with Crippen molar-refractivity contribution in [1.29, 1.82) is 0 Å². The van der Waals surface area contributed by atoms with Crippen LogP contribution in [0.4, 0.5) is 4.79 Å². The van der Waals surface area contributed by atoms with Gasteiger partial charge < -0.3 is 10.2 Å². The Hall–Kier alpha value is -1.91. The normalized spacial score (nSPS) is 27.5. The van der Waals surface area contributed by atoms with Crippen LogP contribution >= 0.6 is 0 Å². The van der Waals surface area contributed by atoms with Gasteiger partial charge in [-0.3, -0.25) is 0 Å². The summed E-state index contributed by atoms with van der Waals surface area (Å²) in [6.07, 6.45) is 11.2. The van der Waals surface area contributed by atoms with Gasteiger partial charge in [0, 0.05) is 24.7 Å². The number of aryl methyl sites for hydroxylation is 1. The van der Waals surface area contributed by atoms with Crippen molar-refractivity contribution in [2.45, 2.75) is 45.7 Å². The highest BCUT2D eigenvalue weighted by Gasteiger charge is 2.35. The summed E-state index contributed by atoms with van der Waals surface area (Å²) in [5.41, 5.74) is 2.08. The summed E-state index contributed by atoms with van der Waals surface area (Å²) in [4.78, 5) is 23.0. The predicted molar refractivity (Wildman–Crippen MR) is 87.5 cm³/mol. The number of nitrogens with zero attached hydrogens (tertiary/aromatic N) is 3. The molecule has 1 N–H and O–H groups in total. The zero-order valence-corrected chi connectivity index (χ0v) is 13.7. The van der Waals surface area contributed by atoms with Crippen LogP contribution in [0.5, 0.6) is 0 Å². The third-order valence-electron chi connectivity index (χ3n) is 5.52. The first kappa shape index (κ1) is 14.7. The van der Waals surface area contributed by atoms with E-state index in [0.29, 0.717) is 13.1 Å². The van der Waals surface area contributed by atoms with E-state index in [4.69, 9.17) is 0 Å². The van der Waals surface area contributed by atoms with E-state index in [0.717, 1.165) is 54.2 Å². The maximum atomic E-state index is 12.4. The second kappa shape index (κ2) is 5.95. The van der Waals surface area contributed by atoms with Crippen molar-refractivity contribution in [2.24, 2.45) is 17.8 Å². The van der Waals surface area contributed by atoms with Crippen LogP contribution in [0.25, 0.3) is 0 Å². The highest BCUT2D eigenvalue weighted by molar-refractivity contribution is 5.74. The minimum absolute atomic E-state index is 0.0275. The third kappa shape index (κ3) is 2.84. The second-order valence-corrected chi connectivity index (χ2v) is 7.03. The minimum Gasteiger partial charge on any atom is -0.338 e. The molecule has 122 valence electrons. The second-order valence-electron chi connectivity index (χ2n) is 7.03. The number of carbonyl (C=O) groups excluding carboxylic acids is 1. The van der Waals surface area contributed by atoms with Gasteiger partial charge in [0.05, 0.1) is 18.8 Å². The van der Waals surface area contributed by atoms with E-state index in [2.05, 4.69) is 27.4 Å². The van der Waals surface area contributed by atoms with Crippen LogP contribution in [0.15, 0.2) is 18.3 Å². The first-order valence-corrected chi connectivity index (χ1v) is 8.77. The van der Waals surface area contributed by atoms with E-state index in [1.165, 1.54) is 12.8 Å². The largest absolute Gasteiger partial charge is 0.338 e. The van der Waals surface area contributed by atoms with Crippen LogP contribution in [-0.4, -0.2) is 27.4 Å². The average molecular weight is 312 g/mol. The third-order valence-corrected chi connectivity index (χ3v) is 5.52. The highest BCUT2D eigenvalue weighted by Crippen LogP contribution is 2.44. The van der Waals surface area contributed by atoms with Gasteiger partial charge in [-0.25, -0.2) is 14.8 Å². The Balaban J connectivity index is 1.26. The van der Waals surface area contributed by atoms with Crippen LogP contribution < -0.4 is 5.32 Å². The smallest absolute Gasteiger partial charge is 0.318 e. The van der Waals surface area contributed by atoms with Gasteiger partial charge in [-0.15, -0.1) is 0 Å². The maximum absolute atomic E-state index is 12.4. The van der Waals surface area contributed by atoms with Crippen molar-refractivity contribution in [3.8, 4) is 0 Å². The Morgan fingerprint density at radius 3 is 3.00 bits per heavy atom. The summed E-state index contributed by atoms with van der Waals surface area (Å²) in [6.45, 7) is 4.06. The molecule has 1 aliphatic heterocycles. The lowest BCUT2D eigenvalue weighted by atomic mass is 9.91. The van der Waals surface area contributed by atoms with E-state index < -0.39 is 0 Å². The zero-order chi connectivity index (χ0) is 15.8. The van der Waals surface area contributed by atoms with Crippen molar-refractivity contribution in [3.63, 3.8) is 0 Å². The number of urea groups is 1. The lowest BCUT2D eigenvalue weighted by molar-refractivity contribution is 0.197. The predicted octanol–water partition coefficient (Wildman–Crippen LogP) is 2.67. The van der Waals surface area contributed by atoms with E-state index >= 15 is 0 Å². The van der Waals surface area contributed by atoms with Gasteiger partial charge in [0.15, 0.2) is 0 Å². The number of fused-ring (bicyclic) bond motifs is 3. The average Bonchev–Trinajstić information content (AvgIpc) is 3.28. The van der Waals surface area contributed by atoms with Crippen molar-refractivity contribution in [3.05, 3.63) is 35.4 Å². The van der Waals surface area contributed by atoms with E-state index in [-0.39, 0.29) is 6.03 Å². The molecule has 2 amide bonds. The lowest BCUT2D eigenvalue weighted by Crippen LogP contribution is -2.37. The number of amides is 2. The number of hydrogen-bond acceptors (Lipinski definition) is 3. The Morgan fingerprint density at radius 2 is 2.26 bits per heavy atom. The van der Waals surface area contributed by atoms with Crippen molar-refractivity contribution in [1.82, 2.24) is 20.2 Å². The Bertz CT molecular complexity index is 642. The van der Waals surface area contributed by atoms with Crippen LogP contribution in [0.2, 0.25) is 0 Å². The number of allylic oxidation sites excluding steroid dienone is 2. The molecule has 5 heteroatoms. The molecular formula is C18H24N4O. The topological polar surface area (TPSA) is 58.1 Å². The number of carbonyl (C=O) groups is 1. The van der Waals surface area contributed by atoms with Gasteiger partial charge >= 0.3 is 6.03 Å². The Kier molecular flexibility index (Phi) is 3.79. The molecule has 0 saturated heterocycles. The van der Waals surface area contributed by atoms with Gasteiger partial charge in [0.25, 0.3) is 0 Å². The molecule has 2 bridgehead atoms. The number of rotatable bonds is 4. The molecule has 2 heterocycles. The van der Waals surface area contributed by atoms with Gasteiger partial charge in [-0.05, 0) is 37.0 Å². The quantitative estimate of drug-likeness (QED) is 0.870. The molecule has 2 aliphatic carbocycles. The van der Waals surface area contributed by atoms with E-state index in [1.807, 2.05) is 18.0 Å². The number of nitrogens with one attached hydrogen (secondary N) is 1. The fourth-order valence-corrected chi connectivity index (χ4v) is 4.21. The molecular weight excluding hydrogens is 288 g/mol. The lowest BCUT2D eigenvalue weighted by Gasteiger charge is -2.20. The summed E-state index contributed by atoms with van der Waals surface area (Å²) in [7, 11) is 0. The van der Waals surface area contributed by atoms with Crippen LogP contribution in [-0.2, 0) is 19.5 Å². The molecule has 1 fully saturated rings. The Morgan fingerprint density at radius 1 is 1.35 bits per heavy atom. The molecule has 4 rings (SSSR count). The molecule has 3 aliphatic rings. The maximum Gasteiger partial charge on any atom is 0.318 e. The van der Waals surface area contributed by atoms with Gasteiger partial charge in [-0.1, -0.05) is 19.1 Å². The van der Waals surface area contributed by atoms with Crippen LogP contribution in [0.3, 0.4) is 0 Å². The summed E-state index contributed by atoms with van der Waals surface area (Å²) in [6, 6.07) is 0.0275. The number of aromatic nitrogens is 2. The minimum atomic E-state index is 0.0275. The fourth-order valence-electron chi connectivity index (χ4n) is 4.21. The first-order valence-electron chi connectivity index (χ1n) is 8.77. The van der Waals surface area contributed by atoms with Gasteiger partial charge in [0.2, 0.25) is 0 Å². The SMILES string of the molecule is CCc1ncc2c(n1)CN(C(=O)NCC[C@@H]1C[C@@H]3C=C[C@H]1C3)C2. The molecule has 1 aromatic heterocycles. The molecule has 3 atom stereocenters. The highest BCUT2D eigenvalue weighted by atomic mass is 16.2. The summed E-state index contributed by atoms with van der Waals surface area (Å²) in [5.74, 6) is 3.19. The fraction of sp³-hybridized carbons (Fsp3) is 0.611. The molecule has 23 heavy (non-hydrogen) atoms. The van der Waals surface area contributed by atoms with Crippen LogP contribution in [0, 0.1) is 17.8 Å². The van der Waals surface area contributed by atoms with Crippen molar-refractivity contribution >= 4 is 6.03 Å². The number of hydrogen-bond donors (Lipinski definition) is 1. The Labute approximate surface area is 137 Å². The van der Waals surface area contributed by atoms with Crippen LogP contribution in [0.1, 0.15) is 43.3 Å². The zero-order valence-electron chi connectivity index (χ0n) is 13.7. The molecule has 0 aromatic carbocycles. The van der Waals surface area contributed by atoms with Gasteiger partial charge in [0.1, 0.15) is 5.82 Å². The van der Waals surface area contributed by atoms with E-state index in [9.17, 15) is 4.79 Å². The van der Waals surface area contributed by atoms with Gasteiger partial charge in [-0.2, -0.15) is 0 Å². The standard InChI is InChI=1S/C18H24N4O/c1-2-17-20-9-15-10-22(11-16(15)21-17)18(23)19-6-5-14-8-12-3-4-13(14)7-12/h3-4,9,12-14H,2,5-8,10-11H2,1H3,(H,19,23)/t12-,13+,14-/m1/s1. The molecule has 0 radical (unpaired) electrons. The van der Waals surface area contributed by atoms with Crippen molar-refractivity contribution in [2.75, 3.05) is 6.54 Å². The molecule has 0 spiro atoms. The summed E-state index contributed by atoms with van der Waals surface area (Å²) < 4.78 is 0. The molecule has 1 aromatic rings. The molecule has 1 saturated carbocycles. The van der Waals surface area contributed by atoms with E-state index in [1.54, 1.807) is 0 Å². The van der Waals surface area contributed by atoms with Crippen molar-refractivity contribution < 1.29 is 4.79 Å². The summed E-state index contributed by atoms with van der Waals surface area (Å²) in [5, 5.41) is 3.09.